The zero-order valence-electron chi connectivity index (χ0n) is 11.3. The molecule has 0 saturated carbocycles. The maximum atomic E-state index is 11.9. The first-order chi connectivity index (χ1) is 7.97. The van der Waals surface area contributed by atoms with E-state index in [1.807, 2.05) is 0 Å². The first-order valence-corrected chi connectivity index (χ1v) is 6.33. The molecule has 2 amide bonds. The quantitative estimate of drug-likeness (QED) is 0.344. The van der Waals surface area contributed by atoms with Crippen LogP contribution in [0.2, 0.25) is 0 Å². The molecule has 0 aliphatic heterocycles. The minimum atomic E-state index is -0.0478. The maximum absolute atomic E-state index is 11.9. The Kier molecular flexibility index (Phi) is 8.19. The summed E-state index contributed by atoms with van der Waals surface area (Å²) in [6.45, 7) is 8.16. The van der Waals surface area contributed by atoms with Crippen LogP contribution >= 0.6 is 0 Å². The van der Waals surface area contributed by atoms with Gasteiger partial charge in [-0.05, 0) is 12.3 Å². The number of hydrogen-bond acceptors (Lipinski definition) is 2. The topological polar surface area (TPSA) is 82.2 Å². The summed E-state index contributed by atoms with van der Waals surface area (Å²) in [6, 6.07) is -0.0478. The second-order valence-electron chi connectivity index (χ2n) is 4.70. The fraction of sp³-hybridized carbons (Fsp3) is 0.833. The van der Waals surface area contributed by atoms with Gasteiger partial charge in [0.25, 0.3) is 0 Å². The van der Waals surface area contributed by atoms with Crippen LogP contribution in [0.4, 0.5) is 4.79 Å². The molecule has 0 aromatic heterocycles. The van der Waals surface area contributed by atoms with E-state index in [1.165, 1.54) is 0 Å². The highest BCUT2D eigenvalue weighted by Gasteiger charge is 2.14. The van der Waals surface area contributed by atoms with Crippen LogP contribution < -0.4 is 11.1 Å². The van der Waals surface area contributed by atoms with Crippen LogP contribution in [0, 0.1) is 11.3 Å². The molecule has 0 heterocycles. The molecular formula is C12H26N4O. The minimum Gasteiger partial charge on any atom is -0.388 e. The number of urea groups is 1. The second-order valence-corrected chi connectivity index (χ2v) is 4.70. The molecule has 0 unspecified atom stereocenters. The molecule has 0 saturated heterocycles. The molecular weight excluding hydrogens is 216 g/mol. The zero-order valence-corrected chi connectivity index (χ0v) is 11.3. The molecule has 5 nitrogen and oxygen atoms in total. The first-order valence-electron chi connectivity index (χ1n) is 6.33. The molecule has 0 aromatic carbocycles. The average Bonchev–Trinajstić information content (AvgIpc) is 2.23. The van der Waals surface area contributed by atoms with E-state index in [0.29, 0.717) is 32.0 Å². The van der Waals surface area contributed by atoms with E-state index in [4.69, 9.17) is 11.1 Å². The number of rotatable bonds is 8. The van der Waals surface area contributed by atoms with Gasteiger partial charge in [-0.25, -0.2) is 4.79 Å². The lowest BCUT2D eigenvalue weighted by molar-refractivity contribution is 0.192. The smallest absolute Gasteiger partial charge is 0.317 e. The van der Waals surface area contributed by atoms with Gasteiger partial charge in [0.1, 0.15) is 0 Å². The van der Waals surface area contributed by atoms with Crippen LogP contribution in [0.5, 0.6) is 0 Å². The summed E-state index contributed by atoms with van der Waals surface area (Å²) in [4.78, 5) is 13.6. The maximum Gasteiger partial charge on any atom is 0.317 e. The van der Waals surface area contributed by atoms with Gasteiger partial charge in [-0.15, -0.1) is 0 Å². The summed E-state index contributed by atoms with van der Waals surface area (Å²) in [7, 11) is 0. The molecule has 0 bridgehead atoms. The predicted molar refractivity (Wildman–Crippen MR) is 71.2 cm³/mol. The molecule has 100 valence electrons. The summed E-state index contributed by atoms with van der Waals surface area (Å²) in [5.74, 6) is 0.541. The van der Waals surface area contributed by atoms with E-state index in [-0.39, 0.29) is 11.9 Å². The normalized spacial score (nSPS) is 10.4. The minimum absolute atomic E-state index is 0.0478. The summed E-state index contributed by atoms with van der Waals surface area (Å²) < 4.78 is 0. The van der Waals surface area contributed by atoms with E-state index < -0.39 is 0 Å². The van der Waals surface area contributed by atoms with E-state index in [0.717, 1.165) is 12.8 Å². The van der Waals surface area contributed by atoms with Crippen molar-refractivity contribution in [3.8, 4) is 0 Å². The van der Waals surface area contributed by atoms with Crippen LogP contribution in [-0.2, 0) is 0 Å². The summed E-state index contributed by atoms with van der Waals surface area (Å²) in [5, 5.41) is 10.1. The van der Waals surface area contributed by atoms with E-state index >= 15 is 0 Å². The summed E-state index contributed by atoms with van der Waals surface area (Å²) in [6.07, 6.45) is 2.50. The number of carbonyl (C=O) groups excluding carboxylic acids is 1. The third-order valence-corrected chi connectivity index (χ3v) is 2.33. The van der Waals surface area contributed by atoms with E-state index in [9.17, 15) is 4.79 Å². The molecule has 4 N–H and O–H groups in total. The van der Waals surface area contributed by atoms with Gasteiger partial charge in [0.2, 0.25) is 0 Å². The number of amides is 2. The Morgan fingerprint density at radius 3 is 2.59 bits per heavy atom. The monoisotopic (exact) mass is 242 g/mol. The predicted octanol–water partition coefficient (Wildman–Crippen LogP) is 1.78. The lowest BCUT2D eigenvalue weighted by Crippen LogP contribution is -2.43. The Hall–Kier alpha value is -1.26. The Morgan fingerprint density at radius 2 is 2.12 bits per heavy atom. The van der Waals surface area contributed by atoms with Crippen LogP contribution in [0.15, 0.2) is 0 Å². The van der Waals surface area contributed by atoms with Gasteiger partial charge in [0.05, 0.1) is 5.84 Å². The van der Waals surface area contributed by atoms with Crippen molar-refractivity contribution in [3.63, 3.8) is 0 Å². The SMILES string of the molecule is CCCCNC(=O)N(CCC(=N)N)CC(C)C. The molecule has 0 aliphatic carbocycles. The van der Waals surface area contributed by atoms with Gasteiger partial charge in [0, 0.05) is 26.1 Å². The average molecular weight is 242 g/mol. The van der Waals surface area contributed by atoms with Crippen molar-refractivity contribution >= 4 is 11.9 Å². The summed E-state index contributed by atoms with van der Waals surface area (Å²) in [5.41, 5.74) is 5.32. The molecule has 0 aromatic rings. The Labute approximate surface area is 104 Å². The second kappa shape index (κ2) is 8.84. The molecule has 0 aliphatic rings. The van der Waals surface area contributed by atoms with Gasteiger partial charge in [0.15, 0.2) is 0 Å². The molecule has 17 heavy (non-hydrogen) atoms. The molecule has 0 spiro atoms. The molecule has 0 rings (SSSR count). The van der Waals surface area contributed by atoms with E-state index in [2.05, 4.69) is 26.1 Å². The standard InChI is InChI=1S/C12H26N4O/c1-4-5-7-15-12(17)16(9-10(2)3)8-6-11(13)14/h10H,4-9H2,1-3H3,(H3,13,14)(H,15,17). The number of hydrogen-bond donors (Lipinski definition) is 3. The lowest BCUT2D eigenvalue weighted by Gasteiger charge is -2.24. The Bertz CT molecular complexity index is 241. The third kappa shape index (κ3) is 8.54. The highest BCUT2D eigenvalue weighted by molar-refractivity contribution is 5.78. The van der Waals surface area contributed by atoms with Crippen molar-refractivity contribution < 1.29 is 4.79 Å². The molecule has 0 fully saturated rings. The van der Waals surface area contributed by atoms with Crippen molar-refractivity contribution in [2.75, 3.05) is 19.6 Å². The van der Waals surface area contributed by atoms with Gasteiger partial charge in [-0.3, -0.25) is 5.41 Å². The molecule has 5 heteroatoms. The van der Waals surface area contributed by atoms with Gasteiger partial charge < -0.3 is 16.0 Å². The van der Waals surface area contributed by atoms with Crippen LogP contribution in [0.3, 0.4) is 0 Å². The van der Waals surface area contributed by atoms with Crippen molar-refractivity contribution in [1.82, 2.24) is 10.2 Å². The van der Waals surface area contributed by atoms with Gasteiger partial charge in [-0.1, -0.05) is 27.2 Å². The fourth-order valence-electron chi connectivity index (χ4n) is 1.46. The van der Waals surface area contributed by atoms with Crippen LogP contribution in [0.1, 0.15) is 40.0 Å². The highest BCUT2D eigenvalue weighted by Crippen LogP contribution is 2.01. The molecule has 0 radical (unpaired) electrons. The van der Waals surface area contributed by atoms with Gasteiger partial charge >= 0.3 is 6.03 Å². The van der Waals surface area contributed by atoms with Crippen molar-refractivity contribution in [3.05, 3.63) is 0 Å². The lowest BCUT2D eigenvalue weighted by atomic mass is 10.2. The first kappa shape index (κ1) is 15.7. The van der Waals surface area contributed by atoms with Gasteiger partial charge in [-0.2, -0.15) is 0 Å². The highest BCUT2D eigenvalue weighted by atomic mass is 16.2. The zero-order chi connectivity index (χ0) is 13.3. The number of nitrogens with one attached hydrogen (secondary N) is 2. The van der Waals surface area contributed by atoms with Crippen LogP contribution in [-0.4, -0.2) is 36.4 Å². The third-order valence-electron chi connectivity index (χ3n) is 2.33. The van der Waals surface area contributed by atoms with E-state index in [1.54, 1.807) is 4.90 Å². The number of nitrogens with zero attached hydrogens (tertiary/aromatic N) is 1. The van der Waals surface area contributed by atoms with Crippen molar-refractivity contribution in [2.24, 2.45) is 11.7 Å². The number of unbranched alkanes of at least 4 members (excludes halogenated alkanes) is 1. The summed E-state index contributed by atoms with van der Waals surface area (Å²) >= 11 is 0. The van der Waals surface area contributed by atoms with Crippen molar-refractivity contribution in [1.29, 1.82) is 5.41 Å². The fourth-order valence-corrected chi connectivity index (χ4v) is 1.46. The number of nitrogens with two attached hydrogens (primary N) is 1. The largest absolute Gasteiger partial charge is 0.388 e. The number of amidine groups is 1. The number of carbonyl (C=O) groups is 1. The Morgan fingerprint density at radius 1 is 1.47 bits per heavy atom. The molecule has 0 atom stereocenters. The Balaban J connectivity index is 4.14. The van der Waals surface area contributed by atoms with Crippen LogP contribution in [0.25, 0.3) is 0 Å². The van der Waals surface area contributed by atoms with Crippen molar-refractivity contribution in [2.45, 2.75) is 40.0 Å².